The molecular weight excluding hydrogens is 278 g/mol. The summed E-state index contributed by atoms with van der Waals surface area (Å²) < 4.78 is 0. The molecule has 0 fully saturated rings. The topological polar surface area (TPSA) is 3.24 Å². The summed E-state index contributed by atoms with van der Waals surface area (Å²) in [5, 5.41) is 0. The average molecular weight is 297 g/mol. The standard InChI is InChI=1S/C22H19N/c1-2-8-16(9-3-1)15-23-21-14-17-10-4-5-11-18(17)22(23)20-13-7-6-12-19(20)21/h1-13,21-22H,14-15H2. The molecule has 0 saturated heterocycles. The van der Waals surface area contributed by atoms with Crippen LogP contribution < -0.4 is 0 Å². The Morgan fingerprint density at radius 1 is 0.696 bits per heavy atom. The molecule has 0 aromatic heterocycles. The highest BCUT2D eigenvalue weighted by Gasteiger charge is 2.43. The van der Waals surface area contributed by atoms with Crippen molar-refractivity contribution in [1.82, 2.24) is 4.90 Å². The number of rotatable bonds is 2. The normalized spacial score (nSPS) is 21.7. The Balaban J connectivity index is 1.64. The maximum Gasteiger partial charge on any atom is 0.0616 e. The first-order valence-electron chi connectivity index (χ1n) is 8.38. The fourth-order valence-electron chi connectivity index (χ4n) is 4.36. The zero-order chi connectivity index (χ0) is 15.2. The van der Waals surface area contributed by atoms with Crippen molar-refractivity contribution < 1.29 is 0 Å². The van der Waals surface area contributed by atoms with Gasteiger partial charge < -0.3 is 0 Å². The first-order valence-corrected chi connectivity index (χ1v) is 8.38. The Kier molecular flexibility index (Phi) is 2.89. The summed E-state index contributed by atoms with van der Waals surface area (Å²) in [5.41, 5.74) is 7.42. The number of nitrogens with zero attached hydrogens (tertiary/aromatic N) is 1. The molecule has 5 rings (SSSR count). The Morgan fingerprint density at radius 3 is 2.17 bits per heavy atom. The van der Waals surface area contributed by atoms with Gasteiger partial charge in [-0.1, -0.05) is 78.9 Å². The lowest BCUT2D eigenvalue weighted by atomic mass is 9.91. The SMILES string of the molecule is c1ccc(CN2C3Cc4ccccc4C2c2ccccc23)cc1. The maximum atomic E-state index is 2.68. The van der Waals surface area contributed by atoms with Crippen molar-refractivity contribution in [2.24, 2.45) is 0 Å². The average Bonchev–Trinajstić information content (AvgIpc) is 2.82. The van der Waals surface area contributed by atoms with Crippen LogP contribution in [0.15, 0.2) is 78.9 Å². The molecule has 0 amide bonds. The van der Waals surface area contributed by atoms with Crippen LogP contribution in [0.1, 0.15) is 39.9 Å². The number of benzene rings is 3. The van der Waals surface area contributed by atoms with Crippen LogP contribution in [-0.4, -0.2) is 4.90 Å². The van der Waals surface area contributed by atoms with Gasteiger partial charge in [-0.3, -0.25) is 4.90 Å². The molecule has 0 radical (unpaired) electrons. The van der Waals surface area contributed by atoms with Gasteiger partial charge >= 0.3 is 0 Å². The van der Waals surface area contributed by atoms with Gasteiger partial charge in [-0.05, 0) is 34.2 Å². The molecule has 0 aliphatic carbocycles. The van der Waals surface area contributed by atoms with Crippen molar-refractivity contribution in [2.75, 3.05) is 0 Å². The van der Waals surface area contributed by atoms with Crippen LogP contribution in [-0.2, 0) is 13.0 Å². The first kappa shape index (κ1) is 13.1. The third-order valence-corrected chi connectivity index (χ3v) is 5.35. The minimum atomic E-state index is 0.404. The minimum Gasteiger partial charge on any atom is -0.281 e. The number of fused-ring (bicyclic) bond motifs is 7. The van der Waals surface area contributed by atoms with Gasteiger partial charge in [0.1, 0.15) is 0 Å². The van der Waals surface area contributed by atoms with Gasteiger partial charge in [0.15, 0.2) is 0 Å². The lowest BCUT2D eigenvalue weighted by molar-refractivity contribution is 0.158. The van der Waals surface area contributed by atoms with E-state index in [9.17, 15) is 0 Å². The van der Waals surface area contributed by atoms with Gasteiger partial charge in [0.25, 0.3) is 0 Å². The van der Waals surface area contributed by atoms with Gasteiger partial charge in [-0.25, -0.2) is 0 Å². The largest absolute Gasteiger partial charge is 0.281 e. The van der Waals surface area contributed by atoms with E-state index in [-0.39, 0.29) is 0 Å². The molecule has 112 valence electrons. The monoisotopic (exact) mass is 297 g/mol. The van der Waals surface area contributed by atoms with E-state index in [4.69, 9.17) is 0 Å². The Bertz CT molecular complexity index is 842. The van der Waals surface area contributed by atoms with Crippen molar-refractivity contribution in [3.05, 3.63) is 107 Å². The molecule has 1 heteroatoms. The summed E-state index contributed by atoms with van der Waals surface area (Å²) in [5.74, 6) is 0. The molecule has 2 bridgehead atoms. The molecule has 3 aromatic rings. The van der Waals surface area contributed by atoms with Crippen LogP contribution in [0.5, 0.6) is 0 Å². The Labute approximate surface area is 137 Å². The molecule has 0 N–H and O–H groups in total. The van der Waals surface area contributed by atoms with Gasteiger partial charge in [-0.2, -0.15) is 0 Å². The highest BCUT2D eigenvalue weighted by Crippen LogP contribution is 2.52. The molecule has 2 atom stereocenters. The zero-order valence-corrected chi connectivity index (χ0v) is 13.0. The van der Waals surface area contributed by atoms with E-state index in [1.54, 1.807) is 0 Å². The first-order chi connectivity index (χ1) is 11.4. The summed E-state index contributed by atoms with van der Waals surface area (Å²) in [6.45, 7) is 1.01. The molecule has 23 heavy (non-hydrogen) atoms. The van der Waals surface area contributed by atoms with Crippen LogP contribution >= 0.6 is 0 Å². The lowest BCUT2D eigenvalue weighted by Gasteiger charge is -2.36. The molecule has 2 aliphatic rings. The van der Waals surface area contributed by atoms with Gasteiger partial charge in [0.2, 0.25) is 0 Å². The molecule has 2 aliphatic heterocycles. The van der Waals surface area contributed by atoms with E-state index in [1.165, 1.54) is 27.8 Å². The lowest BCUT2D eigenvalue weighted by Crippen LogP contribution is -2.32. The fraction of sp³-hybridized carbons (Fsp3) is 0.182. The van der Waals surface area contributed by atoms with Crippen LogP contribution in [0.2, 0.25) is 0 Å². The molecule has 3 aromatic carbocycles. The highest BCUT2D eigenvalue weighted by molar-refractivity contribution is 5.50. The second kappa shape index (κ2) is 5.07. The minimum absolute atomic E-state index is 0.404. The number of hydrogen-bond acceptors (Lipinski definition) is 1. The van der Waals surface area contributed by atoms with Gasteiger partial charge in [-0.15, -0.1) is 0 Å². The van der Waals surface area contributed by atoms with E-state index in [0.29, 0.717) is 12.1 Å². The smallest absolute Gasteiger partial charge is 0.0616 e. The van der Waals surface area contributed by atoms with E-state index in [0.717, 1.165) is 13.0 Å². The second-order valence-corrected chi connectivity index (χ2v) is 6.61. The summed E-state index contributed by atoms with van der Waals surface area (Å²) in [7, 11) is 0. The molecular formula is C22H19N. The maximum absolute atomic E-state index is 2.68. The summed E-state index contributed by atoms with van der Waals surface area (Å²) in [4.78, 5) is 2.68. The van der Waals surface area contributed by atoms with E-state index in [2.05, 4.69) is 83.8 Å². The van der Waals surface area contributed by atoms with E-state index in [1.807, 2.05) is 0 Å². The predicted molar refractivity (Wildman–Crippen MR) is 93.2 cm³/mol. The molecule has 1 nitrogen and oxygen atoms in total. The van der Waals surface area contributed by atoms with Crippen LogP contribution in [0, 0.1) is 0 Å². The van der Waals surface area contributed by atoms with Crippen molar-refractivity contribution in [2.45, 2.75) is 25.0 Å². The van der Waals surface area contributed by atoms with Crippen LogP contribution in [0.25, 0.3) is 0 Å². The highest BCUT2D eigenvalue weighted by atomic mass is 15.2. The van der Waals surface area contributed by atoms with E-state index < -0.39 is 0 Å². The van der Waals surface area contributed by atoms with Crippen LogP contribution in [0.4, 0.5) is 0 Å². The second-order valence-electron chi connectivity index (χ2n) is 6.61. The van der Waals surface area contributed by atoms with Crippen LogP contribution in [0.3, 0.4) is 0 Å². The van der Waals surface area contributed by atoms with Gasteiger partial charge in [0.05, 0.1) is 6.04 Å². The number of hydrogen-bond donors (Lipinski definition) is 0. The molecule has 0 spiro atoms. The van der Waals surface area contributed by atoms with Crippen molar-refractivity contribution >= 4 is 0 Å². The van der Waals surface area contributed by atoms with Crippen molar-refractivity contribution in [3.8, 4) is 0 Å². The predicted octanol–water partition coefficient (Wildman–Crippen LogP) is 4.89. The fourth-order valence-corrected chi connectivity index (χ4v) is 4.36. The summed E-state index contributed by atoms with van der Waals surface area (Å²) in [6.07, 6.45) is 1.12. The molecule has 2 unspecified atom stereocenters. The van der Waals surface area contributed by atoms with Gasteiger partial charge in [0, 0.05) is 12.6 Å². The molecule has 0 saturated carbocycles. The summed E-state index contributed by atoms with van der Waals surface area (Å²) >= 11 is 0. The Hall–Kier alpha value is -2.38. The zero-order valence-electron chi connectivity index (χ0n) is 13.0. The molecule has 2 heterocycles. The van der Waals surface area contributed by atoms with Crippen molar-refractivity contribution in [3.63, 3.8) is 0 Å². The third-order valence-electron chi connectivity index (χ3n) is 5.35. The summed E-state index contributed by atoms with van der Waals surface area (Å²) in [6, 6.07) is 29.8. The quantitative estimate of drug-likeness (QED) is 0.651. The van der Waals surface area contributed by atoms with E-state index >= 15 is 0 Å². The third kappa shape index (κ3) is 1.97. The van der Waals surface area contributed by atoms with Crippen molar-refractivity contribution in [1.29, 1.82) is 0 Å². The Morgan fingerprint density at radius 2 is 1.35 bits per heavy atom.